The van der Waals surface area contributed by atoms with Crippen LogP contribution >= 0.6 is 11.6 Å². The van der Waals surface area contributed by atoms with E-state index in [0.717, 1.165) is 18.5 Å². The molecule has 0 aliphatic carbocycles. The first kappa shape index (κ1) is 15.2. The van der Waals surface area contributed by atoms with E-state index in [1.54, 1.807) is 18.2 Å². The Kier molecular flexibility index (Phi) is 4.70. The number of rotatable bonds is 5. The number of nitrogens with zero attached hydrogens (tertiary/aromatic N) is 1. The van der Waals surface area contributed by atoms with Crippen molar-refractivity contribution in [3.8, 4) is 5.75 Å². The third-order valence-electron chi connectivity index (χ3n) is 3.01. The number of carbonyl (C=O) groups is 1. The van der Waals surface area contributed by atoms with Crippen LogP contribution in [0.5, 0.6) is 5.75 Å². The fourth-order valence-corrected chi connectivity index (χ4v) is 2.12. The van der Waals surface area contributed by atoms with Crippen LogP contribution in [0.2, 0.25) is 5.02 Å². The van der Waals surface area contributed by atoms with Gasteiger partial charge in [-0.1, -0.05) is 24.9 Å². The van der Waals surface area contributed by atoms with Crippen molar-refractivity contribution in [2.75, 3.05) is 18.2 Å². The number of ether oxygens (including phenoxy) is 1. The number of aryl methyl sites for hydroxylation is 1. The van der Waals surface area contributed by atoms with Gasteiger partial charge >= 0.3 is 0 Å². The number of aromatic amines is 1. The van der Waals surface area contributed by atoms with Crippen LogP contribution in [0.3, 0.4) is 0 Å². The number of benzene rings is 1. The minimum Gasteiger partial charge on any atom is -0.495 e. The van der Waals surface area contributed by atoms with Gasteiger partial charge in [0.25, 0.3) is 5.91 Å². The summed E-state index contributed by atoms with van der Waals surface area (Å²) < 4.78 is 5.10. The maximum absolute atomic E-state index is 12.2. The molecular formula is C14H17ClN4O2. The fraction of sp³-hybridized carbons (Fsp3) is 0.286. The second-order valence-corrected chi connectivity index (χ2v) is 4.93. The third-order valence-corrected chi connectivity index (χ3v) is 3.32. The van der Waals surface area contributed by atoms with E-state index in [0.29, 0.717) is 22.1 Å². The van der Waals surface area contributed by atoms with E-state index in [1.165, 1.54) is 7.11 Å². The molecule has 0 aliphatic rings. The highest BCUT2D eigenvalue weighted by atomic mass is 35.5. The minimum atomic E-state index is -0.379. The first-order chi connectivity index (χ1) is 10.1. The molecule has 0 atom stereocenters. The number of hydrogen-bond donors (Lipinski definition) is 3. The van der Waals surface area contributed by atoms with Crippen molar-refractivity contribution >= 4 is 28.9 Å². The van der Waals surface area contributed by atoms with Crippen molar-refractivity contribution in [2.45, 2.75) is 19.8 Å². The van der Waals surface area contributed by atoms with Gasteiger partial charge in [-0.25, -0.2) is 0 Å². The van der Waals surface area contributed by atoms with Crippen molar-refractivity contribution in [3.63, 3.8) is 0 Å². The molecule has 0 unspecified atom stereocenters. The van der Waals surface area contributed by atoms with Gasteiger partial charge in [0, 0.05) is 11.8 Å². The Balaban J connectivity index is 2.18. The van der Waals surface area contributed by atoms with Crippen molar-refractivity contribution in [1.29, 1.82) is 0 Å². The quantitative estimate of drug-likeness (QED) is 0.791. The average Bonchev–Trinajstić information content (AvgIpc) is 2.83. The summed E-state index contributed by atoms with van der Waals surface area (Å²) in [6.45, 7) is 2.03. The van der Waals surface area contributed by atoms with E-state index in [-0.39, 0.29) is 11.6 Å². The summed E-state index contributed by atoms with van der Waals surface area (Å²) in [6.07, 6.45) is 1.67. The highest BCUT2D eigenvalue weighted by Crippen LogP contribution is 2.28. The van der Waals surface area contributed by atoms with Gasteiger partial charge in [-0.05, 0) is 18.6 Å². The summed E-state index contributed by atoms with van der Waals surface area (Å²) in [5.74, 6) is 0.103. The molecule has 4 N–H and O–H groups in total. The monoisotopic (exact) mass is 308 g/mol. The summed E-state index contributed by atoms with van der Waals surface area (Å²) in [5.41, 5.74) is 7.83. The molecule has 0 saturated heterocycles. The Hall–Kier alpha value is -2.21. The zero-order chi connectivity index (χ0) is 15.4. The summed E-state index contributed by atoms with van der Waals surface area (Å²) in [5, 5.41) is 9.95. The largest absolute Gasteiger partial charge is 0.495 e. The lowest BCUT2D eigenvalue weighted by molar-refractivity contribution is 0.102. The molecule has 0 saturated carbocycles. The molecule has 0 spiro atoms. The Bertz CT molecular complexity index is 654. The Morgan fingerprint density at radius 1 is 1.52 bits per heavy atom. The standard InChI is InChI=1S/C14H17ClN4O2/c1-3-4-10-12(16)13(19-18-10)14(20)17-8-5-6-9(15)11(7-8)21-2/h5-7H,3-4,16H2,1-2H3,(H,17,20)(H,18,19). The van der Waals surface area contributed by atoms with Gasteiger partial charge in [0.15, 0.2) is 5.69 Å². The number of carbonyl (C=O) groups excluding carboxylic acids is 1. The number of hydrogen-bond acceptors (Lipinski definition) is 4. The Morgan fingerprint density at radius 3 is 2.95 bits per heavy atom. The molecule has 21 heavy (non-hydrogen) atoms. The lowest BCUT2D eigenvalue weighted by Crippen LogP contribution is -2.14. The lowest BCUT2D eigenvalue weighted by Gasteiger charge is -2.07. The van der Waals surface area contributed by atoms with Crippen LogP contribution < -0.4 is 15.8 Å². The van der Waals surface area contributed by atoms with Crippen molar-refractivity contribution in [2.24, 2.45) is 0 Å². The number of amides is 1. The topological polar surface area (TPSA) is 93.0 Å². The molecular weight excluding hydrogens is 292 g/mol. The van der Waals surface area contributed by atoms with Gasteiger partial charge in [0.1, 0.15) is 5.75 Å². The van der Waals surface area contributed by atoms with E-state index < -0.39 is 0 Å². The average molecular weight is 309 g/mol. The number of aromatic nitrogens is 2. The maximum atomic E-state index is 12.2. The van der Waals surface area contributed by atoms with Gasteiger partial charge in [-0.3, -0.25) is 9.89 Å². The lowest BCUT2D eigenvalue weighted by atomic mass is 10.2. The van der Waals surface area contributed by atoms with E-state index in [2.05, 4.69) is 15.5 Å². The van der Waals surface area contributed by atoms with Gasteiger partial charge in [0.05, 0.1) is 23.5 Å². The van der Waals surface area contributed by atoms with E-state index in [4.69, 9.17) is 22.1 Å². The summed E-state index contributed by atoms with van der Waals surface area (Å²) >= 11 is 5.94. The van der Waals surface area contributed by atoms with Gasteiger partial charge < -0.3 is 15.8 Å². The van der Waals surface area contributed by atoms with Gasteiger partial charge in [0.2, 0.25) is 0 Å². The Labute approximate surface area is 127 Å². The van der Waals surface area contributed by atoms with E-state index in [1.807, 2.05) is 6.92 Å². The number of anilines is 2. The molecule has 2 aromatic rings. The fourth-order valence-electron chi connectivity index (χ4n) is 1.93. The van der Waals surface area contributed by atoms with Crippen LogP contribution in [0.4, 0.5) is 11.4 Å². The Morgan fingerprint density at radius 2 is 2.29 bits per heavy atom. The number of halogens is 1. The summed E-state index contributed by atoms with van der Waals surface area (Å²) in [4.78, 5) is 12.2. The number of H-pyrrole nitrogens is 1. The molecule has 0 fully saturated rings. The van der Waals surface area contributed by atoms with Crippen LogP contribution in [0.1, 0.15) is 29.5 Å². The first-order valence-electron chi connectivity index (χ1n) is 6.54. The van der Waals surface area contributed by atoms with Gasteiger partial charge in [-0.15, -0.1) is 0 Å². The summed E-state index contributed by atoms with van der Waals surface area (Å²) in [6, 6.07) is 4.96. The molecule has 2 rings (SSSR count). The number of nitrogen functional groups attached to an aromatic ring is 1. The molecule has 7 heteroatoms. The number of methoxy groups -OCH3 is 1. The normalized spacial score (nSPS) is 10.4. The van der Waals surface area contributed by atoms with Crippen LogP contribution in [0.15, 0.2) is 18.2 Å². The van der Waals surface area contributed by atoms with E-state index >= 15 is 0 Å². The second kappa shape index (κ2) is 6.49. The zero-order valence-corrected chi connectivity index (χ0v) is 12.6. The van der Waals surface area contributed by atoms with Crippen LogP contribution in [-0.2, 0) is 6.42 Å². The van der Waals surface area contributed by atoms with Gasteiger partial charge in [-0.2, -0.15) is 5.10 Å². The highest BCUT2D eigenvalue weighted by molar-refractivity contribution is 6.32. The molecule has 0 radical (unpaired) electrons. The molecule has 1 aromatic carbocycles. The van der Waals surface area contributed by atoms with Crippen LogP contribution in [0.25, 0.3) is 0 Å². The molecule has 0 aliphatic heterocycles. The van der Waals surface area contributed by atoms with Crippen molar-refractivity contribution < 1.29 is 9.53 Å². The number of nitrogens with one attached hydrogen (secondary N) is 2. The maximum Gasteiger partial charge on any atom is 0.278 e. The number of nitrogens with two attached hydrogens (primary N) is 1. The molecule has 1 amide bonds. The molecule has 1 aromatic heterocycles. The molecule has 1 heterocycles. The molecule has 0 bridgehead atoms. The molecule has 6 nitrogen and oxygen atoms in total. The smallest absolute Gasteiger partial charge is 0.278 e. The first-order valence-corrected chi connectivity index (χ1v) is 6.92. The predicted octanol–water partition coefficient (Wildman–Crippen LogP) is 2.86. The zero-order valence-electron chi connectivity index (χ0n) is 11.9. The van der Waals surface area contributed by atoms with Crippen LogP contribution in [-0.4, -0.2) is 23.2 Å². The molecule has 112 valence electrons. The minimum absolute atomic E-state index is 0.187. The SMILES string of the molecule is CCCc1[nH]nc(C(=O)Nc2ccc(Cl)c(OC)c2)c1N. The van der Waals surface area contributed by atoms with E-state index in [9.17, 15) is 4.79 Å². The van der Waals surface area contributed by atoms with Crippen molar-refractivity contribution in [1.82, 2.24) is 10.2 Å². The predicted molar refractivity (Wildman–Crippen MR) is 83.0 cm³/mol. The van der Waals surface area contributed by atoms with Crippen molar-refractivity contribution in [3.05, 3.63) is 34.6 Å². The highest BCUT2D eigenvalue weighted by Gasteiger charge is 2.17. The third kappa shape index (κ3) is 3.28. The van der Waals surface area contributed by atoms with Crippen LogP contribution in [0, 0.1) is 0 Å². The second-order valence-electron chi connectivity index (χ2n) is 4.52. The summed E-state index contributed by atoms with van der Waals surface area (Å²) in [7, 11) is 1.51.